The predicted molar refractivity (Wildman–Crippen MR) is 93.7 cm³/mol. The lowest BCUT2D eigenvalue weighted by Gasteiger charge is -2.19. The largest absolute Gasteiger partial charge is 0.489 e. The number of esters is 1. The second kappa shape index (κ2) is 8.88. The van der Waals surface area contributed by atoms with E-state index in [1.807, 2.05) is 0 Å². The number of methoxy groups -OCH3 is 2. The number of alkyl carbamates (subject to hydrolysis) is 1. The average molecular weight is 369 g/mol. The number of ether oxygens (including phenoxy) is 3. The van der Waals surface area contributed by atoms with Crippen LogP contribution in [0.1, 0.15) is 31.1 Å². The number of anilines is 1. The number of amides is 1. The molecule has 10 nitrogen and oxygen atoms in total. The fraction of sp³-hybridized carbons (Fsp3) is 0.500. The Morgan fingerprint density at radius 3 is 2.35 bits per heavy atom. The first-order valence-corrected chi connectivity index (χ1v) is 7.75. The molecule has 0 fully saturated rings. The smallest absolute Gasteiger partial charge is 0.407 e. The highest BCUT2D eigenvalue weighted by molar-refractivity contribution is 5.96. The highest BCUT2D eigenvalue weighted by atomic mass is 16.6. The summed E-state index contributed by atoms with van der Waals surface area (Å²) in [6, 6.07) is 2.74. The van der Waals surface area contributed by atoms with Crippen LogP contribution in [-0.2, 0) is 9.47 Å². The highest BCUT2D eigenvalue weighted by Gasteiger charge is 2.27. The molecule has 0 spiro atoms. The van der Waals surface area contributed by atoms with Gasteiger partial charge in [0.25, 0.3) is 0 Å². The van der Waals surface area contributed by atoms with Crippen molar-refractivity contribution >= 4 is 23.4 Å². The fourth-order valence-electron chi connectivity index (χ4n) is 2.05. The second-order valence-electron chi connectivity index (χ2n) is 6.15. The maximum absolute atomic E-state index is 11.7. The highest BCUT2D eigenvalue weighted by Crippen LogP contribution is 2.38. The second-order valence-corrected chi connectivity index (χ2v) is 6.15. The minimum absolute atomic E-state index is 0.0564. The zero-order valence-electron chi connectivity index (χ0n) is 15.4. The molecule has 1 rings (SSSR count). The zero-order chi connectivity index (χ0) is 19.9. The molecule has 0 aliphatic carbocycles. The van der Waals surface area contributed by atoms with Crippen molar-refractivity contribution in [2.24, 2.45) is 0 Å². The molecule has 1 aromatic rings. The summed E-state index contributed by atoms with van der Waals surface area (Å²) in [6.45, 7) is 5.59. The van der Waals surface area contributed by atoms with Crippen molar-refractivity contribution in [2.75, 3.05) is 32.6 Å². The first-order chi connectivity index (χ1) is 12.1. The normalized spacial score (nSPS) is 10.7. The van der Waals surface area contributed by atoms with E-state index in [4.69, 9.17) is 9.47 Å². The van der Waals surface area contributed by atoms with Crippen LogP contribution in [0.2, 0.25) is 0 Å². The molecule has 0 atom stereocenters. The van der Waals surface area contributed by atoms with Crippen LogP contribution in [0.5, 0.6) is 5.75 Å². The van der Waals surface area contributed by atoms with E-state index in [0.717, 1.165) is 0 Å². The lowest BCUT2D eigenvalue weighted by Crippen LogP contribution is -2.35. The fourth-order valence-corrected chi connectivity index (χ4v) is 2.05. The molecule has 0 aliphatic rings. The van der Waals surface area contributed by atoms with E-state index in [0.29, 0.717) is 0 Å². The minimum Gasteiger partial charge on any atom is -0.489 e. The monoisotopic (exact) mass is 369 g/mol. The van der Waals surface area contributed by atoms with Crippen LogP contribution in [0, 0.1) is 10.1 Å². The first kappa shape index (κ1) is 21.0. The first-order valence-electron chi connectivity index (χ1n) is 7.75. The Bertz CT molecular complexity index is 683. The van der Waals surface area contributed by atoms with Crippen molar-refractivity contribution in [3.63, 3.8) is 0 Å². The van der Waals surface area contributed by atoms with Crippen molar-refractivity contribution in [2.45, 2.75) is 26.4 Å². The molecule has 0 aromatic heterocycles. The van der Waals surface area contributed by atoms with E-state index in [1.54, 1.807) is 20.8 Å². The van der Waals surface area contributed by atoms with Gasteiger partial charge in [-0.05, 0) is 32.9 Å². The lowest BCUT2D eigenvalue weighted by molar-refractivity contribution is -0.384. The van der Waals surface area contributed by atoms with Crippen LogP contribution in [0.15, 0.2) is 12.1 Å². The van der Waals surface area contributed by atoms with E-state index in [1.165, 1.54) is 26.4 Å². The Kier molecular flexibility index (Phi) is 7.17. The quantitative estimate of drug-likeness (QED) is 0.324. The Morgan fingerprint density at radius 2 is 1.85 bits per heavy atom. The topological polar surface area (TPSA) is 129 Å². The summed E-state index contributed by atoms with van der Waals surface area (Å²) in [5.74, 6) is -0.949. The average Bonchev–Trinajstić information content (AvgIpc) is 2.55. The van der Waals surface area contributed by atoms with E-state index in [9.17, 15) is 19.7 Å². The molecule has 1 amide bonds. The molecule has 0 unspecified atom stereocenters. The third-order valence-corrected chi connectivity index (χ3v) is 3.03. The molecule has 0 aliphatic heterocycles. The number of carbonyl (C=O) groups is 2. The van der Waals surface area contributed by atoms with Gasteiger partial charge in [0, 0.05) is 13.1 Å². The zero-order valence-corrected chi connectivity index (χ0v) is 15.4. The Morgan fingerprint density at radius 1 is 1.19 bits per heavy atom. The van der Waals surface area contributed by atoms with Gasteiger partial charge in [-0.3, -0.25) is 10.1 Å². The van der Waals surface area contributed by atoms with E-state index >= 15 is 0 Å². The number of hydrogen-bond donors (Lipinski definition) is 2. The van der Waals surface area contributed by atoms with E-state index in [-0.39, 0.29) is 30.1 Å². The van der Waals surface area contributed by atoms with Crippen LogP contribution in [0.4, 0.5) is 16.2 Å². The number of hydrogen-bond acceptors (Lipinski definition) is 8. The lowest BCUT2D eigenvalue weighted by atomic mass is 10.1. The SMILES string of the molecule is COC(=O)c1ccc(NCCNC(=O)OC(C)(C)C)c([N+](=O)[O-])c1OC. The molecular formula is C16H23N3O7. The molecule has 0 heterocycles. The van der Waals surface area contributed by atoms with Gasteiger partial charge < -0.3 is 24.8 Å². The van der Waals surface area contributed by atoms with Gasteiger partial charge in [-0.2, -0.15) is 0 Å². The molecule has 0 radical (unpaired) electrons. The van der Waals surface area contributed by atoms with Crippen LogP contribution in [0.25, 0.3) is 0 Å². The molecule has 2 N–H and O–H groups in total. The van der Waals surface area contributed by atoms with Gasteiger partial charge in [-0.1, -0.05) is 0 Å². The minimum atomic E-state index is -0.747. The number of benzene rings is 1. The van der Waals surface area contributed by atoms with Gasteiger partial charge in [0.2, 0.25) is 5.75 Å². The van der Waals surface area contributed by atoms with Crippen LogP contribution < -0.4 is 15.4 Å². The van der Waals surface area contributed by atoms with Gasteiger partial charge in [0.1, 0.15) is 16.9 Å². The van der Waals surface area contributed by atoms with Crippen LogP contribution >= 0.6 is 0 Å². The van der Waals surface area contributed by atoms with Gasteiger partial charge in [0.15, 0.2) is 0 Å². The summed E-state index contributed by atoms with van der Waals surface area (Å²) >= 11 is 0. The molecule has 0 bridgehead atoms. The molecule has 0 saturated carbocycles. The number of carbonyl (C=O) groups excluding carboxylic acids is 2. The molecule has 10 heteroatoms. The Labute approximate surface area is 150 Å². The van der Waals surface area contributed by atoms with Crippen LogP contribution in [-0.4, -0.2) is 49.9 Å². The third kappa shape index (κ3) is 5.80. The summed E-state index contributed by atoms with van der Waals surface area (Å²) in [5.41, 5.74) is -0.926. The maximum atomic E-state index is 11.7. The Hall–Kier alpha value is -3.04. The maximum Gasteiger partial charge on any atom is 0.407 e. The molecule has 26 heavy (non-hydrogen) atoms. The van der Waals surface area contributed by atoms with Gasteiger partial charge in [-0.25, -0.2) is 9.59 Å². The van der Waals surface area contributed by atoms with Crippen molar-refractivity contribution in [3.05, 3.63) is 27.8 Å². The third-order valence-electron chi connectivity index (χ3n) is 3.03. The van der Waals surface area contributed by atoms with Gasteiger partial charge >= 0.3 is 17.7 Å². The summed E-state index contributed by atoms with van der Waals surface area (Å²) in [5, 5.41) is 16.8. The number of rotatable bonds is 7. The summed E-state index contributed by atoms with van der Waals surface area (Å²) < 4.78 is 14.7. The number of nitrogens with one attached hydrogen (secondary N) is 2. The molecular weight excluding hydrogens is 346 g/mol. The van der Waals surface area contributed by atoms with Gasteiger partial charge in [-0.15, -0.1) is 0 Å². The molecule has 1 aromatic carbocycles. The van der Waals surface area contributed by atoms with Crippen molar-refractivity contribution in [1.82, 2.24) is 5.32 Å². The van der Waals surface area contributed by atoms with Crippen molar-refractivity contribution in [1.29, 1.82) is 0 Å². The Balaban J connectivity index is 2.85. The summed E-state index contributed by atoms with van der Waals surface area (Å²) in [6.07, 6.45) is -0.590. The summed E-state index contributed by atoms with van der Waals surface area (Å²) in [7, 11) is 2.39. The standard InChI is InChI=1S/C16H23N3O7/c1-16(2,3)26-15(21)18-9-8-17-11-7-6-10(14(20)25-5)13(24-4)12(11)19(22)23/h6-7,17H,8-9H2,1-5H3,(H,18,21). The van der Waals surface area contributed by atoms with Gasteiger partial charge in [0.05, 0.1) is 19.1 Å². The number of nitro groups is 1. The molecule has 0 saturated heterocycles. The van der Waals surface area contributed by atoms with Crippen molar-refractivity contribution < 1.29 is 28.7 Å². The number of nitrogens with zero attached hydrogens (tertiary/aromatic N) is 1. The van der Waals surface area contributed by atoms with Crippen LogP contribution in [0.3, 0.4) is 0 Å². The summed E-state index contributed by atoms with van der Waals surface area (Å²) in [4.78, 5) is 34.0. The number of nitro benzene ring substituents is 1. The van der Waals surface area contributed by atoms with E-state index in [2.05, 4.69) is 15.4 Å². The van der Waals surface area contributed by atoms with E-state index < -0.39 is 28.3 Å². The molecule has 144 valence electrons. The predicted octanol–water partition coefficient (Wildman–Crippen LogP) is 2.33. The van der Waals surface area contributed by atoms with Crippen molar-refractivity contribution in [3.8, 4) is 5.75 Å².